The van der Waals surface area contributed by atoms with Crippen LogP contribution in [0.4, 0.5) is 11.6 Å². The fourth-order valence-electron chi connectivity index (χ4n) is 4.98. The summed E-state index contributed by atoms with van der Waals surface area (Å²) in [5.41, 5.74) is 1.91. The number of hydrogen-bond acceptors (Lipinski definition) is 8. The molecule has 0 bridgehead atoms. The molecule has 9 nitrogen and oxygen atoms in total. The van der Waals surface area contributed by atoms with Crippen LogP contribution in [0, 0.1) is 5.92 Å². The van der Waals surface area contributed by atoms with Gasteiger partial charge in [0.2, 0.25) is 21.8 Å². The monoisotopic (exact) mass is 524 g/mol. The van der Waals surface area contributed by atoms with Crippen LogP contribution in [-0.2, 0) is 10.0 Å². The highest BCUT2D eigenvalue weighted by molar-refractivity contribution is 7.92. The van der Waals surface area contributed by atoms with Gasteiger partial charge < -0.3 is 14.6 Å². The standard InChI is InChI=1S/C27H36N6O3S/c1-4-15-33(18-19-12-13-19)24-17-21(16-23(29-24)32(2)37(3,34)35)26-30-31-27(36-26)25-22(11-8-14-28-25)20-9-6-5-7-10-20/h5-7,9-10,16-17,19,22,25,28H,4,8,11-15,18H2,1-3H3/t22-,25-/m0/s1. The van der Waals surface area contributed by atoms with E-state index in [1.807, 2.05) is 12.1 Å². The van der Waals surface area contributed by atoms with Crippen LogP contribution in [0.25, 0.3) is 11.5 Å². The quantitative estimate of drug-likeness (QED) is 0.417. The Morgan fingerprint density at radius 2 is 1.84 bits per heavy atom. The Morgan fingerprint density at radius 3 is 2.54 bits per heavy atom. The molecule has 3 heterocycles. The van der Waals surface area contributed by atoms with Crippen molar-refractivity contribution in [1.29, 1.82) is 0 Å². The molecule has 1 saturated heterocycles. The van der Waals surface area contributed by atoms with Gasteiger partial charge in [0.05, 0.1) is 12.3 Å². The maximum atomic E-state index is 12.4. The minimum Gasteiger partial charge on any atom is -0.419 e. The zero-order valence-electron chi connectivity index (χ0n) is 21.8. The summed E-state index contributed by atoms with van der Waals surface area (Å²) in [4.78, 5) is 6.99. The fraction of sp³-hybridized carbons (Fsp3) is 0.519. The minimum absolute atomic E-state index is 0.0803. The molecule has 0 amide bonds. The molecule has 2 aromatic heterocycles. The number of nitrogens with one attached hydrogen (secondary N) is 1. The van der Waals surface area contributed by atoms with E-state index in [1.54, 1.807) is 6.07 Å². The predicted octanol–water partition coefficient (Wildman–Crippen LogP) is 4.36. The van der Waals surface area contributed by atoms with Crippen LogP contribution < -0.4 is 14.5 Å². The molecule has 0 radical (unpaired) electrons. The van der Waals surface area contributed by atoms with E-state index in [2.05, 4.69) is 51.6 Å². The molecule has 10 heteroatoms. The average Bonchev–Trinajstić information content (AvgIpc) is 3.59. The smallest absolute Gasteiger partial charge is 0.248 e. The Bertz CT molecular complexity index is 1310. The van der Waals surface area contributed by atoms with Crippen LogP contribution in [0.1, 0.15) is 62.4 Å². The molecule has 1 saturated carbocycles. The number of sulfonamides is 1. The highest BCUT2D eigenvalue weighted by Gasteiger charge is 2.32. The number of pyridine rings is 1. The molecular weight excluding hydrogens is 488 g/mol. The lowest BCUT2D eigenvalue weighted by Gasteiger charge is -2.30. The molecule has 2 aliphatic rings. The molecule has 0 spiro atoms. The van der Waals surface area contributed by atoms with Crippen molar-refractivity contribution in [1.82, 2.24) is 20.5 Å². The SMILES string of the molecule is CCCN(CC1CC1)c1cc(-c2nnc([C@H]3NCCC[C@H]3c3ccccc3)o2)cc(N(C)S(C)(=O)=O)n1. The number of anilines is 2. The first kappa shape index (κ1) is 25.7. The number of piperidine rings is 1. The summed E-state index contributed by atoms with van der Waals surface area (Å²) in [6, 6.07) is 14.0. The summed E-state index contributed by atoms with van der Waals surface area (Å²) in [6.07, 6.45) is 6.71. The van der Waals surface area contributed by atoms with E-state index in [9.17, 15) is 8.42 Å². The predicted molar refractivity (Wildman–Crippen MR) is 145 cm³/mol. The molecule has 3 aromatic rings. The van der Waals surface area contributed by atoms with E-state index in [-0.39, 0.29) is 12.0 Å². The van der Waals surface area contributed by atoms with E-state index in [1.165, 1.54) is 36.0 Å². The summed E-state index contributed by atoms with van der Waals surface area (Å²) in [7, 11) is -1.97. The van der Waals surface area contributed by atoms with Gasteiger partial charge in [0, 0.05) is 31.6 Å². The molecule has 37 heavy (non-hydrogen) atoms. The van der Waals surface area contributed by atoms with Crippen LogP contribution in [0.15, 0.2) is 46.9 Å². The molecule has 1 N–H and O–H groups in total. The van der Waals surface area contributed by atoms with Crippen molar-refractivity contribution in [3.05, 3.63) is 53.9 Å². The van der Waals surface area contributed by atoms with Crippen LogP contribution in [-0.4, -0.2) is 56.5 Å². The zero-order chi connectivity index (χ0) is 26.0. The van der Waals surface area contributed by atoms with Crippen molar-refractivity contribution in [3.8, 4) is 11.5 Å². The van der Waals surface area contributed by atoms with Crippen molar-refractivity contribution in [2.45, 2.75) is 51.0 Å². The average molecular weight is 525 g/mol. The normalized spacial score (nSPS) is 20.1. The third-order valence-corrected chi connectivity index (χ3v) is 8.43. The van der Waals surface area contributed by atoms with Gasteiger partial charge in [-0.3, -0.25) is 4.31 Å². The highest BCUT2D eigenvalue weighted by atomic mass is 32.2. The largest absolute Gasteiger partial charge is 0.419 e. The number of hydrogen-bond donors (Lipinski definition) is 1. The van der Waals surface area contributed by atoms with E-state index in [4.69, 9.17) is 9.40 Å². The maximum absolute atomic E-state index is 12.4. The third kappa shape index (κ3) is 5.96. The van der Waals surface area contributed by atoms with Gasteiger partial charge in [-0.1, -0.05) is 37.3 Å². The van der Waals surface area contributed by atoms with Gasteiger partial charge >= 0.3 is 0 Å². The number of nitrogens with zero attached hydrogens (tertiary/aromatic N) is 5. The molecule has 0 unspecified atom stereocenters. The first-order valence-electron chi connectivity index (χ1n) is 13.2. The first-order chi connectivity index (χ1) is 17.8. The van der Waals surface area contributed by atoms with Gasteiger partial charge in [0.15, 0.2) is 0 Å². The molecule has 198 valence electrons. The van der Waals surface area contributed by atoms with Crippen molar-refractivity contribution in [2.24, 2.45) is 5.92 Å². The van der Waals surface area contributed by atoms with E-state index in [0.29, 0.717) is 29.1 Å². The molecule has 5 rings (SSSR count). The first-order valence-corrected chi connectivity index (χ1v) is 15.0. The Morgan fingerprint density at radius 1 is 1.08 bits per heavy atom. The number of rotatable bonds is 10. The van der Waals surface area contributed by atoms with Gasteiger partial charge in [-0.25, -0.2) is 13.4 Å². The van der Waals surface area contributed by atoms with Crippen LogP contribution in [0.2, 0.25) is 0 Å². The summed E-state index contributed by atoms with van der Waals surface area (Å²) < 4.78 is 32.2. The van der Waals surface area contributed by atoms with Gasteiger partial charge in [-0.15, -0.1) is 10.2 Å². The Labute approximate surface area is 219 Å². The van der Waals surface area contributed by atoms with Crippen LogP contribution in [0.3, 0.4) is 0 Å². The Balaban J connectivity index is 1.51. The zero-order valence-corrected chi connectivity index (χ0v) is 22.6. The lowest BCUT2D eigenvalue weighted by atomic mass is 9.85. The lowest BCUT2D eigenvalue weighted by Crippen LogP contribution is -2.33. The molecule has 1 aliphatic carbocycles. The van der Waals surface area contributed by atoms with E-state index < -0.39 is 10.0 Å². The molecule has 1 aliphatic heterocycles. The van der Waals surface area contributed by atoms with Crippen molar-refractivity contribution < 1.29 is 12.8 Å². The summed E-state index contributed by atoms with van der Waals surface area (Å²) in [5, 5.41) is 12.4. The second kappa shape index (κ2) is 10.8. The van der Waals surface area contributed by atoms with E-state index >= 15 is 0 Å². The Hall–Kier alpha value is -2.98. The second-order valence-corrected chi connectivity index (χ2v) is 12.2. The summed E-state index contributed by atoms with van der Waals surface area (Å²) in [6.45, 7) is 4.78. The minimum atomic E-state index is -3.49. The van der Waals surface area contributed by atoms with Crippen LogP contribution in [0.5, 0.6) is 0 Å². The maximum Gasteiger partial charge on any atom is 0.248 e. The van der Waals surface area contributed by atoms with Gasteiger partial charge in [0.25, 0.3) is 0 Å². The summed E-state index contributed by atoms with van der Waals surface area (Å²) in [5.74, 6) is 2.88. The number of aromatic nitrogens is 3. The molecule has 2 fully saturated rings. The van der Waals surface area contributed by atoms with Gasteiger partial charge in [-0.2, -0.15) is 0 Å². The molecular formula is C27H36N6O3S. The second-order valence-electron chi connectivity index (χ2n) is 10.2. The Kier molecular flexibility index (Phi) is 7.48. The fourth-order valence-corrected chi connectivity index (χ4v) is 5.42. The van der Waals surface area contributed by atoms with Crippen LogP contribution >= 0.6 is 0 Å². The van der Waals surface area contributed by atoms with Gasteiger partial charge in [0.1, 0.15) is 11.6 Å². The molecule has 2 atom stereocenters. The topological polar surface area (TPSA) is 104 Å². The molecule has 1 aromatic carbocycles. The van der Waals surface area contributed by atoms with Crippen molar-refractivity contribution >= 4 is 21.7 Å². The van der Waals surface area contributed by atoms with Gasteiger partial charge in [-0.05, 0) is 62.3 Å². The van der Waals surface area contributed by atoms with Crippen molar-refractivity contribution in [2.75, 3.05) is 42.1 Å². The third-order valence-electron chi connectivity index (χ3n) is 7.25. The number of benzene rings is 1. The van der Waals surface area contributed by atoms with E-state index in [0.717, 1.165) is 44.7 Å². The highest BCUT2D eigenvalue weighted by Crippen LogP contribution is 2.38. The van der Waals surface area contributed by atoms with Crippen molar-refractivity contribution in [3.63, 3.8) is 0 Å². The summed E-state index contributed by atoms with van der Waals surface area (Å²) >= 11 is 0. The lowest BCUT2D eigenvalue weighted by molar-refractivity contribution is 0.303.